The molecule has 0 spiro atoms. The van der Waals surface area contributed by atoms with E-state index in [-0.39, 0.29) is 12.5 Å². The van der Waals surface area contributed by atoms with Crippen LogP contribution < -0.4 is 10.2 Å². The number of hydrogen-bond donors (Lipinski definition) is 1. The first kappa shape index (κ1) is 15.1. The van der Waals surface area contributed by atoms with Crippen molar-refractivity contribution in [3.8, 4) is 5.75 Å². The number of hydrogen-bond acceptors (Lipinski definition) is 3. The molecule has 4 nitrogen and oxygen atoms in total. The highest BCUT2D eigenvalue weighted by molar-refractivity contribution is 6.30. The summed E-state index contributed by atoms with van der Waals surface area (Å²) in [6, 6.07) is 14.6. The van der Waals surface area contributed by atoms with Gasteiger partial charge < -0.3 is 4.74 Å². The van der Waals surface area contributed by atoms with E-state index >= 15 is 0 Å². The third-order valence-electron chi connectivity index (χ3n) is 2.75. The number of carbonyl (C=O) groups is 1. The zero-order valence-corrected chi connectivity index (χ0v) is 12.3. The van der Waals surface area contributed by atoms with Crippen LogP contribution >= 0.6 is 11.6 Å². The molecule has 0 atom stereocenters. The molecule has 0 unspecified atom stereocenters. The number of nitrogens with zero attached hydrogens (tertiary/aromatic N) is 1. The summed E-state index contributed by atoms with van der Waals surface area (Å²) >= 11 is 5.82. The lowest BCUT2D eigenvalue weighted by atomic mass is 10.1. The Kier molecular flexibility index (Phi) is 5.35. The van der Waals surface area contributed by atoms with E-state index in [0.717, 1.165) is 11.1 Å². The SMILES string of the molecule is Cc1ccccc1/C=N/NC(=O)COc1cccc(Cl)c1. The Labute approximate surface area is 128 Å². The van der Waals surface area contributed by atoms with Crippen molar-refractivity contribution in [3.63, 3.8) is 0 Å². The van der Waals surface area contributed by atoms with Crippen LogP contribution in [0.1, 0.15) is 11.1 Å². The van der Waals surface area contributed by atoms with Crippen LogP contribution in [-0.2, 0) is 4.79 Å². The standard InChI is InChI=1S/C16H15ClN2O2/c1-12-5-2-3-6-13(12)10-18-19-16(20)11-21-15-8-4-7-14(17)9-15/h2-10H,11H2,1H3,(H,19,20)/b18-10+. The fraction of sp³-hybridized carbons (Fsp3) is 0.125. The van der Waals surface area contributed by atoms with Gasteiger partial charge in [-0.3, -0.25) is 4.79 Å². The van der Waals surface area contributed by atoms with Crippen molar-refractivity contribution in [2.24, 2.45) is 5.10 Å². The van der Waals surface area contributed by atoms with Gasteiger partial charge in [0.2, 0.25) is 0 Å². The van der Waals surface area contributed by atoms with Crippen molar-refractivity contribution >= 4 is 23.7 Å². The quantitative estimate of drug-likeness (QED) is 0.681. The zero-order valence-electron chi connectivity index (χ0n) is 11.5. The number of nitrogens with one attached hydrogen (secondary N) is 1. The average Bonchev–Trinajstić information content (AvgIpc) is 2.47. The maximum Gasteiger partial charge on any atom is 0.277 e. The molecule has 0 heterocycles. The van der Waals surface area contributed by atoms with Crippen molar-refractivity contribution in [1.82, 2.24) is 5.43 Å². The summed E-state index contributed by atoms with van der Waals surface area (Å²) in [5.74, 6) is 0.209. The van der Waals surface area contributed by atoms with E-state index in [9.17, 15) is 4.79 Å². The maximum absolute atomic E-state index is 11.6. The minimum Gasteiger partial charge on any atom is -0.484 e. The Morgan fingerprint density at radius 2 is 2.10 bits per heavy atom. The maximum atomic E-state index is 11.6. The molecule has 0 saturated carbocycles. The Balaban J connectivity index is 1.81. The van der Waals surface area contributed by atoms with Crippen LogP contribution in [0.3, 0.4) is 0 Å². The molecule has 2 aromatic rings. The lowest BCUT2D eigenvalue weighted by Gasteiger charge is -2.05. The predicted octanol–water partition coefficient (Wildman–Crippen LogP) is 3.18. The molecule has 0 saturated heterocycles. The van der Waals surface area contributed by atoms with E-state index in [1.54, 1.807) is 30.5 Å². The van der Waals surface area contributed by atoms with Gasteiger partial charge in [0.05, 0.1) is 6.21 Å². The van der Waals surface area contributed by atoms with Gasteiger partial charge in [0.1, 0.15) is 5.75 Å². The van der Waals surface area contributed by atoms with Crippen LogP contribution in [0.5, 0.6) is 5.75 Å². The van der Waals surface area contributed by atoms with E-state index in [1.165, 1.54) is 0 Å². The summed E-state index contributed by atoms with van der Waals surface area (Å²) in [5, 5.41) is 4.46. The summed E-state index contributed by atoms with van der Waals surface area (Å²) in [7, 11) is 0. The number of carbonyl (C=O) groups excluding carboxylic acids is 1. The molecule has 0 radical (unpaired) electrons. The van der Waals surface area contributed by atoms with Gasteiger partial charge in [0.15, 0.2) is 6.61 Å². The molecule has 5 heteroatoms. The summed E-state index contributed by atoms with van der Waals surface area (Å²) < 4.78 is 5.30. The van der Waals surface area contributed by atoms with Gasteiger partial charge in [-0.1, -0.05) is 41.9 Å². The third kappa shape index (κ3) is 4.93. The molecule has 0 aliphatic rings. The molecule has 0 bridgehead atoms. The Bertz CT molecular complexity index is 656. The van der Waals surface area contributed by atoms with Gasteiger partial charge in [0.25, 0.3) is 5.91 Å². The average molecular weight is 303 g/mol. The minimum atomic E-state index is -0.334. The fourth-order valence-electron chi connectivity index (χ4n) is 1.64. The van der Waals surface area contributed by atoms with Crippen molar-refractivity contribution in [2.45, 2.75) is 6.92 Å². The second-order valence-electron chi connectivity index (χ2n) is 4.40. The zero-order chi connectivity index (χ0) is 15.1. The fourth-order valence-corrected chi connectivity index (χ4v) is 1.82. The second kappa shape index (κ2) is 7.45. The van der Waals surface area contributed by atoms with Crippen LogP contribution in [0.2, 0.25) is 5.02 Å². The van der Waals surface area contributed by atoms with Crippen molar-refractivity contribution in [2.75, 3.05) is 6.61 Å². The van der Waals surface area contributed by atoms with Gasteiger partial charge in [-0.2, -0.15) is 5.10 Å². The van der Waals surface area contributed by atoms with Gasteiger partial charge in [-0.25, -0.2) is 5.43 Å². The van der Waals surface area contributed by atoms with E-state index in [4.69, 9.17) is 16.3 Å². The smallest absolute Gasteiger partial charge is 0.277 e. The molecule has 0 aliphatic carbocycles. The molecular formula is C16H15ClN2O2. The third-order valence-corrected chi connectivity index (χ3v) is 2.98. The number of halogens is 1. The second-order valence-corrected chi connectivity index (χ2v) is 4.83. The van der Waals surface area contributed by atoms with Crippen molar-refractivity contribution in [1.29, 1.82) is 0 Å². The normalized spacial score (nSPS) is 10.6. The van der Waals surface area contributed by atoms with Gasteiger partial charge in [-0.05, 0) is 36.2 Å². The van der Waals surface area contributed by atoms with Gasteiger partial charge in [0, 0.05) is 5.02 Å². The van der Waals surface area contributed by atoms with E-state index < -0.39 is 0 Å². The van der Waals surface area contributed by atoms with Crippen LogP contribution in [0.25, 0.3) is 0 Å². The minimum absolute atomic E-state index is 0.120. The predicted molar refractivity (Wildman–Crippen MR) is 83.9 cm³/mol. The number of hydrazone groups is 1. The van der Waals surface area contributed by atoms with Crippen LogP contribution in [0, 0.1) is 6.92 Å². The topological polar surface area (TPSA) is 50.7 Å². The summed E-state index contributed by atoms with van der Waals surface area (Å²) in [6.07, 6.45) is 1.60. The van der Waals surface area contributed by atoms with E-state index in [1.807, 2.05) is 31.2 Å². The first-order valence-electron chi connectivity index (χ1n) is 6.41. The monoisotopic (exact) mass is 302 g/mol. The highest BCUT2D eigenvalue weighted by Gasteiger charge is 2.01. The first-order valence-corrected chi connectivity index (χ1v) is 6.79. The number of rotatable bonds is 5. The molecule has 1 N–H and O–H groups in total. The molecule has 0 fully saturated rings. The van der Waals surface area contributed by atoms with Gasteiger partial charge >= 0.3 is 0 Å². The number of aryl methyl sites for hydroxylation is 1. The van der Waals surface area contributed by atoms with Crippen LogP contribution in [0.15, 0.2) is 53.6 Å². The number of amides is 1. The van der Waals surface area contributed by atoms with E-state index in [2.05, 4.69) is 10.5 Å². The molecule has 2 rings (SSSR count). The molecule has 108 valence electrons. The van der Waals surface area contributed by atoms with Crippen molar-refractivity contribution in [3.05, 3.63) is 64.7 Å². The van der Waals surface area contributed by atoms with Gasteiger partial charge in [-0.15, -0.1) is 0 Å². The van der Waals surface area contributed by atoms with Crippen molar-refractivity contribution < 1.29 is 9.53 Å². The highest BCUT2D eigenvalue weighted by Crippen LogP contribution is 2.16. The number of benzene rings is 2. The Morgan fingerprint density at radius 1 is 1.29 bits per heavy atom. The molecule has 0 aliphatic heterocycles. The molecule has 21 heavy (non-hydrogen) atoms. The largest absolute Gasteiger partial charge is 0.484 e. The Morgan fingerprint density at radius 3 is 2.86 bits per heavy atom. The van der Waals surface area contributed by atoms with E-state index in [0.29, 0.717) is 10.8 Å². The van der Waals surface area contributed by atoms with Crippen LogP contribution in [0.4, 0.5) is 0 Å². The summed E-state index contributed by atoms with van der Waals surface area (Å²) in [6.45, 7) is 1.86. The lowest BCUT2D eigenvalue weighted by Crippen LogP contribution is -2.24. The molecule has 1 amide bonds. The highest BCUT2D eigenvalue weighted by atomic mass is 35.5. The van der Waals surface area contributed by atoms with Crippen LogP contribution in [-0.4, -0.2) is 18.7 Å². The lowest BCUT2D eigenvalue weighted by molar-refractivity contribution is -0.123. The molecule has 0 aromatic heterocycles. The first-order chi connectivity index (χ1) is 10.1. The Hall–Kier alpha value is -2.33. The molecule has 2 aromatic carbocycles. The molecular weight excluding hydrogens is 288 g/mol. The summed E-state index contributed by atoms with van der Waals surface area (Å²) in [4.78, 5) is 11.6. The summed E-state index contributed by atoms with van der Waals surface area (Å²) in [5.41, 5.74) is 4.46. The number of ether oxygens (including phenoxy) is 1.